The molecule has 0 aromatic rings. The summed E-state index contributed by atoms with van der Waals surface area (Å²) in [5.74, 6) is -0.200. The summed E-state index contributed by atoms with van der Waals surface area (Å²) in [6, 6.07) is 0. The van der Waals surface area contributed by atoms with Crippen LogP contribution >= 0.6 is 0 Å². The molecule has 0 aliphatic heterocycles. The summed E-state index contributed by atoms with van der Waals surface area (Å²) in [6.07, 6.45) is 65.2. The van der Waals surface area contributed by atoms with E-state index in [4.69, 9.17) is 9.47 Å². The standard InChI is InChI=1S/C53H100O4/c1-3-5-7-9-11-13-15-17-19-21-23-25-26-27-28-29-30-32-34-36-38-40-42-44-46-48-53(55)57-52(50-54)51-56-49-47-45-43-41-39-37-35-33-31-24-22-20-18-16-14-12-10-8-6-4-2/h15,17,21,23,26-27,52,54H,3-14,16,18-20,22,24-25,28-51H2,1-2H3/b17-15-,23-21-,27-26-. The van der Waals surface area contributed by atoms with E-state index in [1.54, 1.807) is 0 Å². The minimum absolute atomic E-state index is 0.170. The van der Waals surface area contributed by atoms with Crippen LogP contribution in [0.2, 0.25) is 0 Å². The molecule has 0 aliphatic rings. The van der Waals surface area contributed by atoms with Gasteiger partial charge in [-0.2, -0.15) is 0 Å². The molecule has 4 nitrogen and oxygen atoms in total. The summed E-state index contributed by atoms with van der Waals surface area (Å²) < 4.78 is 11.2. The monoisotopic (exact) mass is 801 g/mol. The van der Waals surface area contributed by atoms with Gasteiger partial charge in [0.05, 0.1) is 13.2 Å². The van der Waals surface area contributed by atoms with Gasteiger partial charge in [0.25, 0.3) is 0 Å². The lowest BCUT2D eigenvalue weighted by Crippen LogP contribution is -2.27. The van der Waals surface area contributed by atoms with E-state index in [9.17, 15) is 9.90 Å². The maximum Gasteiger partial charge on any atom is 0.306 e. The number of aliphatic hydroxyl groups excluding tert-OH is 1. The van der Waals surface area contributed by atoms with Crippen molar-refractivity contribution in [3.63, 3.8) is 0 Å². The number of hydrogen-bond acceptors (Lipinski definition) is 4. The maximum atomic E-state index is 12.3. The number of esters is 1. The second kappa shape index (κ2) is 50.8. The lowest BCUT2D eigenvalue weighted by molar-refractivity contribution is -0.154. The molecule has 1 atom stereocenters. The Morgan fingerprint density at radius 1 is 0.421 bits per heavy atom. The molecule has 0 heterocycles. The van der Waals surface area contributed by atoms with E-state index < -0.39 is 6.10 Å². The van der Waals surface area contributed by atoms with Crippen molar-refractivity contribution in [3.8, 4) is 0 Å². The van der Waals surface area contributed by atoms with E-state index in [0.29, 0.717) is 19.6 Å². The van der Waals surface area contributed by atoms with Crippen molar-refractivity contribution < 1.29 is 19.4 Å². The van der Waals surface area contributed by atoms with E-state index in [-0.39, 0.29) is 12.6 Å². The summed E-state index contributed by atoms with van der Waals surface area (Å²) in [5.41, 5.74) is 0. The average Bonchev–Trinajstić information content (AvgIpc) is 3.22. The van der Waals surface area contributed by atoms with Crippen molar-refractivity contribution in [1.29, 1.82) is 0 Å². The van der Waals surface area contributed by atoms with Crippen LogP contribution in [0.3, 0.4) is 0 Å². The van der Waals surface area contributed by atoms with Crippen LogP contribution in [0, 0.1) is 0 Å². The van der Waals surface area contributed by atoms with Gasteiger partial charge in [-0.25, -0.2) is 0 Å². The number of aliphatic hydroxyl groups is 1. The first-order chi connectivity index (χ1) is 28.2. The summed E-state index contributed by atoms with van der Waals surface area (Å²) >= 11 is 0. The van der Waals surface area contributed by atoms with Gasteiger partial charge in [0.15, 0.2) is 0 Å². The van der Waals surface area contributed by atoms with Crippen molar-refractivity contribution in [1.82, 2.24) is 0 Å². The Morgan fingerprint density at radius 3 is 1.11 bits per heavy atom. The minimum Gasteiger partial charge on any atom is -0.457 e. The molecule has 0 rings (SSSR count). The molecule has 4 heteroatoms. The van der Waals surface area contributed by atoms with E-state index >= 15 is 0 Å². The maximum absolute atomic E-state index is 12.3. The number of carbonyl (C=O) groups is 1. The van der Waals surface area contributed by atoms with Gasteiger partial charge in [0.1, 0.15) is 6.10 Å². The highest BCUT2D eigenvalue weighted by atomic mass is 16.6. The number of allylic oxidation sites excluding steroid dienone is 6. The minimum atomic E-state index is -0.534. The van der Waals surface area contributed by atoms with E-state index in [2.05, 4.69) is 50.3 Å². The van der Waals surface area contributed by atoms with Gasteiger partial charge in [0.2, 0.25) is 0 Å². The van der Waals surface area contributed by atoms with Gasteiger partial charge >= 0.3 is 5.97 Å². The molecular weight excluding hydrogens is 701 g/mol. The second-order valence-corrected chi connectivity index (χ2v) is 17.2. The van der Waals surface area contributed by atoms with E-state index in [0.717, 1.165) is 32.1 Å². The molecule has 0 spiro atoms. The Morgan fingerprint density at radius 2 is 0.737 bits per heavy atom. The van der Waals surface area contributed by atoms with Crippen LogP contribution in [0.25, 0.3) is 0 Å². The zero-order valence-electron chi connectivity index (χ0n) is 38.6. The van der Waals surface area contributed by atoms with Crippen LogP contribution in [0.15, 0.2) is 36.5 Å². The number of ether oxygens (including phenoxy) is 2. The van der Waals surface area contributed by atoms with Gasteiger partial charge in [-0.05, 0) is 51.4 Å². The topological polar surface area (TPSA) is 55.8 Å². The normalized spacial score (nSPS) is 12.5. The fraction of sp³-hybridized carbons (Fsp3) is 0.868. The van der Waals surface area contributed by atoms with E-state index in [1.807, 2.05) is 0 Å². The predicted octanol–water partition coefficient (Wildman–Crippen LogP) is 17.2. The predicted molar refractivity (Wildman–Crippen MR) is 251 cm³/mol. The van der Waals surface area contributed by atoms with Crippen molar-refractivity contribution in [2.75, 3.05) is 19.8 Å². The van der Waals surface area contributed by atoms with Gasteiger partial charge < -0.3 is 14.6 Å². The Bertz CT molecular complexity index is 848. The zero-order chi connectivity index (χ0) is 41.2. The lowest BCUT2D eigenvalue weighted by atomic mass is 10.0. The molecular formula is C53H100O4. The van der Waals surface area contributed by atoms with Crippen LogP contribution < -0.4 is 0 Å². The Hall–Kier alpha value is -1.39. The Labute approximate surface area is 357 Å². The smallest absolute Gasteiger partial charge is 0.306 e. The molecule has 1 N–H and O–H groups in total. The molecule has 0 aliphatic carbocycles. The number of hydrogen-bond donors (Lipinski definition) is 1. The molecule has 0 aromatic carbocycles. The summed E-state index contributed by atoms with van der Waals surface area (Å²) in [5, 5.41) is 9.65. The molecule has 0 fully saturated rings. The number of unbranched alkanes of at least 4 members (excludes halogenated alkanes) is 34. The zero-order valence-corrected chi connectivity index (χ0v) is 38.6. The lowest BCUT2D eigenvalue weighted by Gasteiger charge is -2.16. The molecule has 0 radical (unpaired) electrons. The van der Waals surface area contributed by atoms with Gasteiger partial charge in [-0.3, -0.25) is 4.79 Å². The van der Waals surface area contributed by atoms with Gasteiger partial charge in [-0.1, -0.05) is 249 Å². The van der Waals surface area contributed by atoms with Crippen LogP contribution in [0.1, 0.15) is 271 Å². The number of rotatable bonds is 48. The average molecular weight is 801 g/mol. The van der Waals surface area contributed by atoms with Crippen molar-refractivity contribution >= 4 is 5.97 Å². The van der Waals surface area contributed by atoms with Crippen molar-refractivity contribution in [2.24, 2.45) is 0 Å². The summed E-state index contributed by atoms with van der Waals surface area (Å²) in [6.45, 7) is 5.38. The number of carbonyl (C=O) groups excluding carboxylic acids is 1. The third-order valence-electron chi connectivity index (χ3n) is 11.5. The molecule has 0 saturated carbocycles. The second-order valence-electron chi connectivity index (χ2n) is 17.2. The van der Waals surface area contributed by atoms with Crippen LogP contribution in [0.4, 0.5) is 0 Å². The fourth-order valence-corrected chi connectivity index (χ4v) is 7.63. The summed E-state index contributed by atoms with van der Waals surface area (Å²) in [7, 11) is 0. The largest absolute Gasteiger partial charge is 0.457 e. The quantitative estimate of drug-likeness (QED) is 0.0378. The molecule has 336 valence electrons. The SMILES string of the molecule is CCCCCCC/C=C\C/C=C\C/C=C\CCCCCCCCCCCCC(=O)OC(CO)COCCCCCCCCCCCCCCCCCCCCCC. The first kappa shape index (κ1) is 55.6. The molecule has 1 unspecified atom stereocenters. The van der Waals surface area contributed by atoms with Crippen LogP contribution in [-0.4, -0.2) is 37.0 Å². The molecule has 0 aromatic heterocycles. The molecule has 0 amide bonds. The van der Waals surface area contributed by atoms with Crippen LogP contribution in [-0.2, 0) is 14.3 Å². The Balaban J connectivity index is 3.40. The molecule has 0 saturated heterocycles. The highest BCUT2D eigenvalue weighted by molar-refractivity contribution is 5.69. The van der Waals surface area contributed by atoms with Gasteiger partial charge in [-0.15, -0.1) is 0 Å². The van der Waals surface area contributed by atoms with Crippen LogP contribution in [0.5, 0.6) is 0 Å². The molecule has 0 bridgehead atoms. The first-order valence-electron chi connectivity index (χ1n) is 25.6. The van der Waals surface area contributed by atoms with Gasteiger partial charge in [0, 0.05) is 13.0 Å². The van der Waals surface area contributed by atoms with Crippen molar-refractivity contribution in [3.05, 3.63) is 36.5 Å². The first-order valence-corrected chi connectivity index (χ1v) is 25.6. The third kappa shape index (κ3) is 48.9. The Kier molecular flexibility index (Phi) is 49.5. The fourth-order valence-electron chi connectivity index (χ4n) is 7.63. The highest BCUT2D eigenvalue weighted by Crippen LogP contribution is 2.16. The van der Waals surface area contributed by atoms with E-state index in [1.165, 1.54) is 218 Å². The highest BCUT2D eigenvalue weighted by Gasteiger charge is 2.13. The summed E-state index contributed by atoms with van der Waals surface area (Å²) in [4.78, 5) is 12.3. The molecule has 57 heavy (non-hydrogen) atoms. The van der Waals surface area contributed by atoms with Crippen molar-refractivity contribution in [2.45, 2.75) is 277 Å². The third-order valence-corrected chi connectivity index (χ3v) is 11.5.